The van der Waals surface area contributed by atoms with Crippen LogP contribution < -0.4 is 5.73 Å². The Balaban J connectivity index is 0. The number of halogens is 4. The number of carboxylic acid groups (broad SMARTS) is 1. The highest BCUT2D eigenvalue weighted by Gasteiger charge is 2.27. The molecule has 1 aromatic carbocycles. The molecule has 0 aromatic heterocycles. The van der Waals surface area contributed by atoms with E-state index in [1.54, 1.807) is 12.1 Å². The molecule has 1 heterocycles. The molecule has 1 saturated heterocycles. The van der Waals surface area contributed by atoms with Crippen LogP contribution in [0, 0.1) is 5.82 Å². The topological polar surface area (TPSA) is 69.8 Å². The van der Waals surface area contributed by atoms with E-state index in [0.717, 1.165) is 25.2 Å². The van der Waals surface area contributed by atoms with Crippen molar-refractivity contribution in [2.45, 2.75) is 12.6 Å². The average molecular weight is 391 g/mol. The highest BCUT2D eigenvalue weighted by molar-refractivity contribution is 5.86. The lowest BCUT2D eigenvalue weighted by Gasteiger charge is -2.37. The number of nitrogens with two attached hydrogens (primary N) is 1. The number of benzene rings is 1. The van der Waals surface area contributed by atoms with Crippen molar-refractivity contribution in [2.24, 2.45) is 5.73 Å². The first kappa shape index (κ1) is 24.6. The minimum atomic E-state index is -0.862. The molecule has 1 atom stereocenters. The minimum absolute atomic E-state index is 0. The van der Waals surface area contributed by atoms with Gasteiger partial charge in [-0.05, 0) is 17.7 Å². The maximum absolute atomic E-state index is 12.8. The van der Waals surface area contributed by atoms with Gasteiger partial charge in [0.1, 0.15) is 11.9 Å². The van der Waals surface area contributed by atoms with Gasteiger partial charge < -0.3 is 10.8 Å². The summed E-state index contributed by atoms with van der Waals surface area (Å²) in [6.07, 6.45) is 0. The monoisotopic (exact) mass is 389 g/mol. The van der Waals surface area contributed by atoms with Gasteiger partial charge in [0.05, 0.1) is 0 Å². The molecule has 2 rings (SSSR count). The van der Waals surface area contributed by atoms with E-state index in [-0.39, 0.29) is 49.6 Å². The fourth-order valence-corrected chi connectivity index (χ4v) is 2.49. The van der Waals surface area contributed by atoms with E-state index >= 15 is 0 Å². The Kier molecular flexibility index (Phi) is 12.7. The minimum Gasteiger partial charge on any atom is -0.480 e. The van der Waals surface area contributed by atoms with Gasteiger partial charge in [-0.2, -0.15) is 0 Å². The van der Waals surface area contributed by atoms with Gasteiger partial charge in [0, 0.05) is 39.3 Å². The molecule has 23 heavy (non-hydrogen) atoms. The van der Waals surface area contributed by atoms with Crippen LogP contribution in [0.15, 0.2) is 24.3 Å². The summed E-state index contributed by atoms with van der Waals surface area (Å²) in [6.45, 7) is 3.86. The van der Waals surface area contributed by atoms with Crippen LogP contribution in [0.1, 0.15) is 5.56 Å². The molecular weight excluding hydrogens is 368 g/mol. The highest BCUT2D eigenvalue weighted by atomic mass is 35.5. The van der Waals surface area contributed by atoms with Crippen molar-refractivity contribution in [1.29, 1.82) is 0 Å². The number of nitrogens with zero attached hydrogens (tertiary/aromatic N) is 2. The van der Waals surface area contributed by atoms with Crippen LogP contribution in [-0.2, 0) is 11.3 Å². The summed E-state index contributed by atoms with van der Waals surface area (Å²) in [7, 11) is 0. The fourth-order valence-electron chi connectivity index (χ4n) is 2.49. The average Bonchev–Trinajstić information content (AvgIpc) is 2.44. The number of hydrogen-bond donors (Lipinski definition) is 2. The molecule has 0 spiro atoms. The zero-order valence-electron chi connectivity index (χ0n) is 12.6. The Labute approximate surface area is 154 Å². The molecule has 0 aliphatic carbocycles. The smallest absolute Gasteiger partial charge is 0.322 e. The Bertz CT molecular complexity index is 457. The van der Waals surface area contributed by atoms with Gasteiger partial charge in [-0.15, -0.1) is 37.2 Å². The van der Waals surface area contributed by atoms with Crippen molar-refractivity contribution in [3.8, 4) is 0 Å². The van der Waals surface area contributed by atoms with Crippen molar-refractivity contribution >= 4 is 43.2 Å². The first-order valence-electron chi connectivity index (χ1n) is 6.74. The Morgan fingerprint density at radius 2 is 1.65 bits per heavy atom. The van der Waals surface area contributed by atoms with E-state index in [0.29, 0.717) is 13.1 Å². The lowest BCUT2D eigenvalue weighted by atomic mass is 10.1. The van der Waals surface area contributed by atoms with Crippen LogP contribution in [0.4, 0.5) is 4.39 Å². The van der Waals surface area contributed by atoms with E-state index in [4.69, 9.17) is 10.8 Å². The quantitative estimate of drug-likeness (QED) is 0.799. The second kappa shape index (κ2) is 11.8. The summed E-state index contributed by atoms with van der Waals surface area (Å²) in [5.41, 5.74) is 6.57. The molecule has 9 heteroatoms. The van der Waals surface area contributed by atoms with Crippen LogP contribution in [0.2, 0.25) is 0 Å². The molecular formula is C14H23Cl3FN3O2. The van der Waals surface area contributed by atoms with Gasteiger partial charge in [-0.1, -0.05) is 12.1 Å². The fraction of sp³-hybridized carbons (Fsp3) is 0.500. The molecule has 0 bridgehead atoms. The summed E-state index contributed by atoms with van der Waals surface area (Å²) in [6, 6.07) is 5.88. The highest BCUT2D eigenvalue weighted by Crippen LogP contribution is 2.11. The number of carboxylic acids is 1. The molecule has 1 unspecified atom stereocenters. The summed E-state index contributed by atoms with van der Waals surface area (Å²) in [5, 5.41) is 9.08. The zero-order valence-corrected chi connectivity index (χ0v) is 15.0. The second-order valence-electron chi connectivity index (χ2n) is 5.03. The largest absolute Gasteiger partial charge is 0.480 e. The molecule has 0 amide bonds. The van der Waals surface area contributed by atoms with Crippen LogP contribution in [-0.4, -0.2) is 59.6 Å². The van der Waals surface area contributed by atoms with Gasteiger partial charge in [0.2, 0.25) is 0 Å². The molecule has 5 nitrogen and oxygen atoms in total. The normalized spacial score (nSPS) is 16.4. The van der Waals surface area contributed by atoms with Crippen molar-refractivity contribution < 1.29 is 14.3 Å². The Morgan fingerprint density at radius 3 is 2.09 bits per heavy atom. The van der Waals surface area contributed by atoms with Crippen LogP contribution in [0.3, 0.4) is 0 Å². The van der Waals surface area contributed by atoms with Gasteiger partial charge >= 0.3 is 5.97 Å². The van der Waals surface area contributed by atoms with E-state index in [9.17, 15) is 9.18 Å². The predicted molar refractivity (Wildman–Crippen MR) is 95.5 cm³/mol. The molecule has 1 aliphatic rings. The van der Waals surface area contributed by atoms with Gasteiger partial charge in [0.15, 0.2) is 0 Å². The van der Waals surface area contributed by atoms with E-state index < -0.39 is 12.0 Å². The molecule has 1 fully saturated rings. The van der Waals surface area contributed by atoms with E-state index in [1.807, 2.05) is 4.90 Å². The standard InChI is InChI=1S/C14H20FN3O2.3ClH/c15-12-3-1-11(2-4-12)10-17-5-7-18(8-6-17)13(9-16)14(19)20;;;/h1-4,13H,5-10,16H2,(H,19,20);3*1H. The van der Waals surface area contributed by atoms with E-state index in [1.165, 1.54) is 12.1 Å². The van der Waals surface area contributed by atoms with Gasteiger partial charge in [-0.3, -0.25) is 14.6 Å². The summed E-state index contributed by atoms with van der Waals surface area (Å²) < 4.78 is 12.8. The summed E-state index contributed by atoms with van der Waals surface area (Å²) in [5.74, 6) is -1.09. The second-order valence-corrected chi connectivity index (χ2v) is 5.03. The van der Waals surface area contributed by atoms with Crippen LogP contribution in [0.5, 0.6) is 0 Å². The van der Waals surface area contributed by atoms with Crippen LogP contribution in [0.25, 0.3) is 0 Å². The first-order chi connectivity index (χ1) is 9.60. The lowest BCUT2D eigenvalue weighted by Crippen LogP contribution is -2.54. The Morgan fingerprint density at radius 1 is 1.13 bits per heavy atom. The van der Waals surface area contributed by atoms with Gasteiger partial charge in [0.25, 0.3) is 0 Å². The predicted octanol–water partition coefficient (Wildman–Crippen LogP) is 1.62. The molecule has 134 valence electrons. The van der Waals surface area contributed by atoms with Crippen molar-refractivity contribution in [2.75, 3.05) is 32.7 Å². The first-order valence-corrected chi connectivity index (χ1v) is 6.74. The third-order valence-corrected chi connectivity index (χ3v) is 3.68. The molecule has 1 aromatic rings. The molecule has 0 saturated carbocycles. The number of piperazine rings is 1. The van der Waals surface area contributed by atoms with Gasteiger partial charge in [-0.25, -0.2) is 4.39 Å². The summed E-state index contributed by atoms with van der Waals surface area (Å²) >= 11 is 0. The SMILES string of the molecule is Cl.Cl.Cl.NCC(C(=O)O)N1CCN(Cc2ccc(F)cc2)CC1. The third kappa shape index (κ3) is 7.20. The summed E-state index contributed by atoms with van der Waals surface area (Å²) in [4.78, 5) is 15.2. The third-order valence-electron chi connectivity index (χ3n) is 3.68. The lowest BCUT2D eigenvalue weighted by molar-refractivity contribution is -0.143. The van der Waals surface area contributed by atoms with Crippen molar-refractivity contribution in [1.82, 2.24) is 9.80 Å². The number of hydrogen-bond acceptors (Lipinski definition) is 4. The van der Waals surface area contributed by atoms with E-state index in [2.05, 4.69) is 4.90 Å². The van der Waals surface area contributed by atoms with Crippen molar-refractivity contribution in [3.05, 3.63) is 35.6 Å². The maximum atomic E-state index is 12.8. The molecule has 1 aliphatic heterocycles. The number of carbonyl (C=O) groups is 1. The Hall–Kier alpha value is -0.630. The number of rotatable bonds is 5. The zero-order chi connectivity index (χ0) is 14.5. The van der Waals surface area contributed by atoms with Crippen LogP contribution >= 0.6 is 37.2 Å². The maximum Gasteiger partial charge on any atom is 0.322 e. The molecule has 0 radical (unpaired) electrons. The number of aliphatic carboxylic acids is 1. The molecule has 3 N–H and O–H groups in total. The van der Waals surface area contributed by atoms with Crippen molar-refractivity contribution in [3.63, 3.8) is 0 Å².